The Bertz CT molecular complexity index is 513. The zero-order valence-corrected chi connectivity index (χ0v) is 13.1. The average Bonchev–Trinajstić information content (AvgIpc) is 2.34. The minimum atomic E-state index is -1.29. The quantitative estimate of drug-likeness (QED) is 0.487. The number of nitrogens with zero attached hydrogens (tertiary/aromatic N) is 1. The Hall–Kier alpha value is -1.62. The highest BCUT2D eigenvalue weighted by Crippen LogP contribution is 2.12. The van der Waals surface area contributed by atoms with E-state index < -0.39 is 23.1 Å². The molecule has 0 spiro atoms. The van der Waals surface area contributed by atoms with Crippen molar-refractivity contribution in [3.8, 4) is 0 Å². The average molecular weight is 294 g/mol. The first-order valence-corrected chi connectivity index (χ1v) is 7.41. The van der Waals surface area contributed by atoms with Gasteiger partial charge < -0.3 is 4.74 Å². The van der Waals surface area contributed by atoms with Crippen LogP contribution in [0, 0.1) is 6.92 Å². The number of carbonyl (C=O) groups is 1. The maximum atomic E-state index is 11.8. The van der Waals surface area contributed by atoms with E-state index in [1.807, 2.05) is 20.8 Å². The summed E-state index contributed by atoms with van der Waals surface area (Å²) in [6, 6.07) is 6.75. The molecule has 5 heteroatoms. The molecule has 0 saturated carbocycles. The van der Waals surface area contributed by atoms with Crippen molar-refractivity contribution in [2.75, 3.05) is 0 Å². The fourth-order valence-corrected chi connectivity index (χ4v) is 1.76. The zero-order chi connectivity index (χ0) is 15.3. The topological polar surface area (TPSA) is 55.7 Å². The highest BCUT2D eigenvalue weighted by Gasteiger charge is 2.18. The summed E-state index contributed by atoms with van der Waals surface area (Å²) in [6.07, 6.45) is 1.15. The van der Waals surface area contributed by atoms with Gasteiger partial charge in [0.25, 0.3) is 0 Å². The summed E-state index contributed by atoms with van der Waals surface area (Å²) in [7, 11) is -1.29. The summed E-state index contributed by atoms with van der Waals surface area (Å²) < 4.78 is 20.4. The zero-order valence-electron chi connectivity index (χ0n) is 12.3. The number of hydrogen-bond donors (Lipinski definition) is 0. The Labute approximate surface area is 122 Å². The molecule has 0 amide bonds. The van der Waals surface area contributed by atoms with Gasteiger partial charge in [-0.1, -0.05) is 12.1 Å². The number of rotatable bonds is 4. The van der Waals surface area contributed by atoms with Crippen molar-refractivity contribution in [3.63, 3.8) is 0 Å². The number of ether oxygens (including phenoxy) is 1. The lowest BCUT2D eigenvalue weighted by Crippen LogP contribution is -2.19. The van der Waals surface area contributed by atoms with Crippen molar-refractivity contribution >= 4 is 23.2 Å². The molecule has 0 aliphatic rings. The van der Waals surface area contributed by atoms with Gasteiger partial charge in [-0.2, -0.15) is 4.40 Å². The molecule has 1 unspecified atom stereocenters. The van der Waals surface area contributed by atoms with Crippen molar-refractivity contribution in [1.29, 1.82) is 0 Å². The van der Waals surface area contributed by atoms with Crippen molar-refractivity contribution in [3.05, 3.63) is 42.3 Å². The third-order valence-corrected chi connectivity index (χ3v) is 3.62. The molecule has 0 aliphatic heterocycles. The summed E-state index contributed by atoms with van der Waals surface area (Å²) in [5, 5.41) is 0. The Kier molecular flexibility index (Phi) is 5.51. The molecular weight excluding hydrogens is 274 g/mol. The SMILES string of the molecule is [CH2+]C(C)OC(=O)c1ccc(/C=N/[S@@](=O)C(C)(C)C)cc1. The van der Waals surface area contributed by atoms with Crippen LogP contribution in [-0.4, -0.2) is 27.2 Å². The summed E-state index contributed by atoms with van der Waals surface area (Å²) in [6.45, 7) is 10.9. The number of esters is 1. The largest absolute Gasteiger partial charge is 0.418 e. The van der Waals surface area contributed by atoms with Gasteiger partial charge in [0.1, 0.15) is 17.9 Å². The lowest BCUT2D eigenvalue weighted by atomic mass is 10.1. The van der Waals surface area contributed by atoms with Crippen LogP contribution in [0.5, 0.6) is 0 Å². The molecule has 0 bridgehead atoms. The third kappa shape index (κ3) is 5.17. The molecule has 0 aliphatic carbocycles. The number of hydrogen-bond acceptors (Lipinski definition) is 3. The van der Waals surface area contributed by atoms with Gasteiger partial charge in [-0.15, -0.1) is 0 Å². The maximum absolute atomic E-state index is 11.8. The molecule has 0 saturated heterocycles. The summed E-state index contributed by atoms with van der Waals surface area (Å²) in [4.78, 5) is 11.6. The predicted molar refractivity (Wildman–Crippen MR) is 82.2 cm³/mol. The third-order valence-electron chi connectivity index (χ3n) is 2.28. The van der Waals surface area contributed by atoms with Gasteiger partial charge in [-0.3, -0.25) is 0 Å². The van der Waals surface area contributed by atoms with Gasteiger partial charge in [-0.05, 0) is 38.5 Å². The highest BCUT2D eigenvalue weighted by molar-refractivity contribution is 7.85. The van der Waals surface area contributed by atoms with E-state index in [0.717, 1.165) is 5.56 Å². The normalized spacial score (nSPS) is 15.0. The fourth-order valence-electron chi connectivity index (χ4n) is 1.22. The van der Waals surface area contributed by atoms with Crippen molar-refractivity contribution in [1.82, 2.24) is 0 Å². The Morgan fingerprint density at radius 1 is 1.35 bits per heavy atom. The molecular formula is C15H20NO3S+. The molecule has 108 valence electrons. The molecule has 1 aromatic rings. The predicted octanol–water partition coefficient (Wildman–Crippen LogP) is 2.95. The van der Waals surface area contributed by atoms with Crippen LogP contribution in [0.1, 0.15) is 43.6 Å². The van der Waals surface area contributed by atoms with E-state index >= 15 is 0 Å². The molecule has 0 N–H and O–H groups in total. The molecule has 0 radical (unpaired) electrons. The maximum Gasteiger partial charge on any atom is 0.341 e. The van der Waals surface area contributed by atoms with Crippen LogP contribution >= 0.6 is 0 Å². The Morgan fingerprint density at radius 3 is 2.35 bits per heavy atom. The monoisotopic (exact) mass is 294 g/mol. The molecule has 20 heavy (non-hydrogen) atoms. The molecule has 0 heterocycles. The number of benzene rings is 1. The van der Waals surface area contributed by atoms with Gasteiger partial charge in [0, 0.05) is 13.1 Å². The summed E-state index contributed by atoms with van der Waals surface area (Å²) in [5.74, 6) is -0.408. The van der Waals surface area contributed by atoms with E-state index in [4.69, 9.17) is 4.74 Å². The molecule has 0 fully saturated rings. The molecule has 4 nitrogen and oxygen atoms in total. The highest BCUT2D eigenvalue weighted by atomic mass is 32.2. The minimum Gasteiger partial charge on any atom is -0.418 e. The lowest BCUT2D eigenvalue weighted by Gasteiger charge is -2.12. The second-order valence-corrected chi connectivity index (χ2v) is 7.37. The van der Waals surface area contributed by atoms with Gasteiger partial charge >= 0.3 is 5.97 Å². The summed E-state index contributed by atoms with van der Waals surface area (Å²) in [5.41, 5.74) is 1.23. The van der Waals surface area contributed by atoms with Crippen LogP contribution < -0.4 is 0 Å². The smallest absolute Gasteiger partial charge is 0.341 e. The second-order valence-electron chi connectivity index (χ2n) is 5.43. The van der Waals surface area contributed by atoms with Crippen LogP contribution in [-0.2, 0) is 15.7 Å². The van der Waals surface area contributed by atoms with E-state index in [0.29, 0.717) is 5.56 Å². The molecule has 1 rings (SSSR count). The first-order valence-electron chi connectivity index (χ1n) is 6.30. The van der Waals surface area contributed by atoms with E-state index in [9.17, 15) is 9.00 Å². The van der Waals surface area contributed by atoms with Gasteiger partial charge in [0.05, 0.1) is 10.3 Å². The Morgan fingerprint density at radius 2 is 1.90 bits per heavy atom. The van der Waals surface area contributed by atoms with Gasteiger partial charge in [0.15, 0.2) is 0 Å². The molecule has 1 aromatic carbocycles. The van der Waals surface area contributed by atoms with E-state index in [1.54, 1.807) is 37.4 Å². The second kappa shape index (κ2) is 6.70. The number of carbonyl (C=O) groups excluding carboxylic acids is 1. The first-order chi connectivity index (χ1) is 9.20. The standard InChI is InChI=1S/C15H20NO3S/c1-11(2)19-14(17)13-8-6-12(7-9-13)10-16-20(18)15(3,4)5/h6-11H,1H2,2-5H3/q+1/b16-10+/t11?,20-/m0/s1. The van der Waals surface area contributed by atoms with E-state index in [2.05, 4.69) is 11.3 Å². The van der Waals surface area contributed by atoms with Crippen molar-refractivity contribution < 1.29 is 13.7 Å². The Balaban J connectivity index is 2.75. The van der Waals surface area contributed by atoms with Crippen LogP contribution in [0.2, 0.25) is 0 Å². The van der Waals surface area contributed by atoms with Crippen LogP contribution in [0.4, 0.5) is 0 Å². The van der Waals surface area contributed by atoms with Crippen LogP contribution in [0.25, 0.3) is 0 Å². The van der Waals surface area contributed by atoms with Gasteiger partial charge in [0.2, 0.25) is 6.10 Å². The summed E-state index contributed by atoms with van der Waals surface area (Å²) >= 11 is 0. The van der Waals surface area contributed by atoms with Crippen molar-refractivity contribution in [2.24, 2.45) is 4.40 Å². The fraction of sp³-hybridized carbons (Fsp3) is 0.400. The van der Waals surface area contributed by atoms with Crippen molar-refractivity contribution in [2.45, 2.75) is 38.5 Å². The molecule has 0 aromatic heterocycles. The van der Waals surface area contributed by atoms with Crippen LogP contribution in [0.15, 0.2) is 28.7 Å². The van der Waals surface area contributed by atoms with Gasteiger partial charge in [-0.25, -0.2) is 9.00 Å². The minimum absolute atomic E-state index is 0.384. The first kappa shape index (κ1) is 16.4. The molecule has 2 atom stereocenters. The van der Waals surface area contributed by atoms with E-state index in [-0.39, 0.29) is 4.75 Å². The van der Waals surface area contributed by atoms with E-state index in [1.165, 1.54) is 0 Å². The van der Waals surface area contributed by atoms with Crippen LogP contribution in [0.3, 0.4) is 0 Å². The lowest BCUT2D eigenvalue weighted by molar-refractivity contribution is 0.0420.